The van der Waals surface area contributed by atoms with Gasteiger partial charge >= 0.3 is 0 Å². The second kappa shape index (κ2) is 5.79. The molecule has 1 saturated heterocycles. The van der Waals surface area contributed by atoms with E-state index < -0.39 is 0 Å². The van der Waals surface area contributed by atoms with Gasteiger partial charge in [0.15, 0.2) is 0 Å². The molecular formula is C21H24ClNO. The van der Waals surface area contributed by atoms with Crippen LogP contribution in [0.4, 0.5) is 0 Å². The second-order valence-corrected chi connectivity index (χ2v) is 7.99. The molecule has 0 unspecified atom stereocenters. The standard InChI is InChI=1S/C21H24ClNO/c1-14-17-12-16-8-9-18(24)20(22)19(16)21(14,2)10-11-23(17)13-15-6-4-3-5-7-15/h3-9,14,17,24H,10-13H2,1-2H3/t14-,17+,21-/m1/s1. The smallest absolute Gasteiger partial charge is 0.134 e. The van der Waals surface area contributed by atoms with E-state index in [1.54, 1.807) is 6.07 Å². The van der Waals surface area contributed by atoms with Crippen LogP contribution in [0.1, 0.15) is 37.0 Å². The van der Waals surface area contributed by atoms with Gasteiger partial charge in [0, 0.05) is 12.6 Å². The molecule has 3 atom stereocenters. The molecule has 0 spiro atoms. The molecule has 1 N–H and O–H groups in total. The minimum Gasteiger partial charge on any atom is -0.506 e. The number of aromatic hydroxyl groups is 1. The fourth-order valence-corrected chi connectivity index (χ4v) is 5.20. The summed E-state index contributed by atoms with van der Waals surface area (Å²) in [5.41, 5.74) is 3.91. The van der Waals surface area contributed by atoms with E-state index in [1.165, 1.54) is 16.7 Å². The van der Waals surface area contributed by atoms with Crippen LogP contribution in [0.25, 0.3) is 0 Å². The van der Waals surface area contributed by atoms with Crippen LogP contribution in [0.5, 0.6) is 5.75 Å². The van der Waals surface area contributed by atoms with E-state index in [0.717, 1.165) is 25.9 Å². The van der Waals surface area contributed by atoms with Crippen molar-refractivity contribution in [2.24, 2.45) is 5.92 Å². The van der Waals surface area contributed by atoms with Crippen LogP contribution in [0, 0.1) is 5.92 Å². The van der Waals surface area contributed by atoms with E-state index in [4.69, 9.17) is 11.6 Å². The van der Waals surface area contributed by atoms with Crippen LogP contribution in [0.3, 0.4) is 0 Å². The number of rotatable bonds is 2. The van der Waals surface area contributed by atoms with Crippen molar-refractivity contribution in [1.29, 1.82) is 0 Å². The van der Waals surface area contributed by atoms with Crippen molar-refractivity contribution in [3.8, 4) is 5.75 Å². The van der Waals surface area contributed by atoms with Gasteiger partial charge in [0.25, 0.3) is 0 Å². The third-order valence-electron chi connectivity index (χ3n) is 6.41. The molecule has 1 aliphatic carbocycles. The fraction of sp³-hybridized carbons (Fsp3) is 0.429. The third kappa shape index (κ3) is 2.35. The molecule has 24 heavy (non-hydrogen) atoms. The zero-order valence-corrected chi connectivity index (χ0v) is 15.1. The number of piperidine rings is 1. The molecular weight excluding hydrogens is 318 g/mol. The normalized spacial score (nSPS) is 29.3. The number of benzene rings is 2. The summed E-state index contributed by atoms with van der Waals surface area (Å²) in [4.78, 5) is 2.63. The van der Waals surface area contributed by atoms with Crippen molar-refractivity contribution in [3.63, 3.8) is 0 Å². The summed E-state index contributed by atoms with van der Waals surface area (Å²) in [6.07, 6.45) is 2.09. The Labute approximate surface area is 149 Å². The maximum absolute atomic E-state index is 10.1. The lowest BCUT2D eigenvalue weighted by Crippen LogP contribution is -2.57. The lowest BCUT2D eigenvalue weighted by molar-refractivity contribution is 0.0258. The molecule has 2 aliphatic rings. The van der Waals surface area contributed by atoms with Gasteiger partial charge in [-0.05, 0) is 53.5 Å². The predicted octanol–water partition coefficient (Wildman–Crippen LogP) is 4.77. The maximum atomic E-state index is 10.1. The van der Waals surface area contributed by atoms with Crippen LogP contribution in [0.15, 0.2) is 42.5 Å². The Hall–Kier alpha value is -1.51. The van der Waals surface area contributed by atoms with Crippen molar-refractivity contribution in [1.82, 2.24) is 4.90 Å². The van der Waals surface area contributed by atoms with Gasteiger partial charge in [-0.15, -0.1) is 0 Å². The van der Waals surface area contributed by atoms with Crippen LogP contribution in [-0.4, -0.2) is 22.6 Å². The Bertz CT molecular complexity index is 760. The lowest BCUT2D eigenvalue weighted by atomic mass is 9.59. The van der Waals surface area contributed by atoms with E-state index in [0.29, 0.717) is 17.0 Å². The highest BCUT2D eigenvalue weighted by Crippen LogP contribution is 2.52. The predicted molar refractivity (Wildman–Crippen MR) is 98.6 cm³/mol. The SMILES string of the molecule is C[C@@H]1[C@@H]2Cc3ccc(O)c(Cl)c3[C@]1(C)CCN2Cc1ccccc1. The van der Waals surface area contributed by atoms with Gasteiger partial charge in [0.05, 0.1) is 5.02 Å². The van der Waals surface area contributed by atoms with Crippen LogP contribution in [0.2, 0.25) is 5.02 Å². The highest BCUT2D eigenvalue weighted by molar-refractivity contribution is 6.33. The number of hydrogen-bond acceptors (Lipinski definition) is 2. The van der Waals surface area contributed by atoms with Gasteiger partial charge in [0.1, 0.15) is 5.75 Å². The van der Waals surface area contributed by atoms with E-state index in [2.05, 4.69) is 55.1 Å². The van der Waals surface area contributed by atoms with Crippen molar-refractivity contribution in [3.05, 3.63) is 64.2 Å². The molecule has 0 aromatic heterocycles. The first kappa shape index (κ1) is 16.0. The number of phenols is 1. The van der Waals surface area contributed by atoms with Gasteiger partial charge in [-0.3, -0.25) is 4.90 Å². The van der Waals surface area contributed by atoms with Gasteiger partial charge in [0.2, 0.25) is 0 Å². The van der Waals surface area contributed by atoms with Crippen LogP contribution in [-0.2, 0) is 18.4 Å². The summed E-state index contributed by atoms with van der Waals surface area (Å²) < 4.78 is 0. The van der Waals surface area contributed by atoms with E-state index in [1.807, 2.05) is 0 Å². The summed E-state index contributed by atoms with van der Waals surface area (Å²) in [7, 11) is 0. The molecule has 2 aromatic carbocycles. The Morgan fingerprint density at radius 2 is 1.96 bits per heavy atom. The van der Waals surface area contributed by atoms with Crippen LogP contribution < -0.4 is 0 Å². The van der Waals surface area contributed by atoms with Crippen LogP contribution >= 0.6 is 11.6 Å². The summed E-state index contributed by atoms with van der Waals surface area (Å²) in [6, 6.07) is 15.1. The molecule has 2 nitrogen and oxygen atoms in total. The zero-order chi connectivity index (χ0) is 16.9. The number of nitrogens with zero attached hydrogens (tertiary/aromatic N) is 1. The number of likely N-dealkylation sites (tertiary alicyclic amines) is 1. The minimum atomic E-state index is 0.0429. The summed E-state index contributed by atoms with van der Waals surface area (Å²) in [5, 5.41) is 10.6. The first-order chi connectivity index (χ1) is 11.5. The molecule has 1 heterocycles. The second-order valence-electron chi connectivity index (χ2n) is 7.62. The first-order valence-corrected chi connectivity index (χ1v) is 9.17. The summed E-state index contributed by atoms with van der Waals surface area (Å²) in [5.74, 6) is 0.732. The van der Waals surface area contributed by atoms with Crippen molar-refractivity contribution >= 4 is 11.6 Å². The van der Waals surface area contributed by atoms with Crippen molar-refractivity contribution < 1.29 is 5.11 Å². The van der Waals surface area contributed by atoms with Gasteiger partial charge in [-0.25, -0.2) is 0 Å². The zero-order valence-electron chi connectivity index (χ0n) is 14.3. The third-order valence-corrected chi connectivity index (χ3v) is 6.79. The number of phenolic OH excluding ortho intramolecular Hbond substituents is 1. The topological polar surface area (TPSA) is 23.5 Å². The lowest BCUT2D eigenvalue weighted by Gasteiger charge is -2.55. The Balaban J connectivity index is 1.71. The molecule has 3 heteroatoms. The average Bonchev–Trinajstić information content (AvgIpc) is 2.57. The first-order valence-electron chi connectivity index (χ1n) is 8.79. The van der Waals surface area contributed by atoms with Gasteiger partial charge in [-0.2, -0.15) is 0 Å². The number of fused-ring (bicyclic) bond motifs is 4. The Kier molecular flexibility index (Phi) is 3.85. The quantitative estimate of drug-likeness (QED) is 0.850. The molecule has 0 radical (unpaired) electrons. The van der Waals surface area contributed by atoms with Gasteiger partial charge in [-0.1, -0.05) is 61.8 Å². The Morgan fingerprint density at radius 3 is 2.71 bits per heavy atom. The molecule has 0 saturated carbocycles. The number of halogens is 1. The van der Waals surface area contributed by atoms with Crippen molar-refractivity contribution in [2.45, 2.75) is 44.7 Å². The Morgan fingerprint density at radius 1 is 1.21 bits per heavy atom. The van der Waals surface area contributed by atoms with E-state index >= 15 is 0 Å². The van der Waals surface area contributed by atoms with Crippen molar-refractivity contribution in [2.75, 3.05) is 6.54 Å². The van der Waals surface area contributed by atoms with Gasteiger partial charge < -0.3 is 5.11 Å². The molecule has 1 aliphatic heterocycles. The monoisotopic (exact) mass is 341 g/mol. The largest absolute Gasteiger partial charge is 0.506 e. The number of hydrogen-bond donors (Lipinski definition) is 1. The molecule has 126 valence electrons. The maximum Gasteiger partial charge on any atom is 0.134 e. The summed E-state index contributed by atoms with van der Waals surface area (Å²) in [6.45, 7) is 6.76. The van der Waals surface area contributed by atoms with E-state index in [-0.39, 0.29) is 11.2 Å². The van der Waals surface area contributed by atoms with E-state index in [9.17, 15) is 5.11 Å². The molecule has 4 rings (SSSR count). The molecule has 2 bridgehead atoms. The molecule has 2 aromatic rings. The summed E-state index contributed by atoms with van der Waals surface area (Å²) >= 11 is 6.51. The highest BCUT2D eigenvalue weighted by atomic mass is 35.5. The average molecular weight is 342 g/mol. The molecule has 0 amide bonds. The minimum absolute atomic E-state index is 0.0429. The highest BCUT2D eigenvalue weighted by Gasteiger charge is 2.49. The fourth-order valence-electron chi connectivity index (χ4n) is 4.80. The molecule has 1 fully saturated rings.